The molecule has 6 heteroatoms. The molecule has 0 fully saturated rings. The second-order valence-electron chi connectivity index (χ2n) is 3.64. The summed E-state index contributed by atoms with van der Waals surface area (Å²) in [4.78, 5) is 18.6. The van der Waals surface area contributed by atoms with Crippen molar-refractivity contribution in [2.24, 2.45) is 0 Å². The van der Waals surface area contributed by atoms with E-state index < -0.39 is 0 Å². The normalized spacial score (nSPS) is 10.6. The fourth-order valence-corrected chi connectivity index (χ4v) is 2.41. The van der Waals surface area contributed by atoms with Crippen LogP contribution < -0.4 is 5.56 Å². The maximum Gasteiger partial charge on any atom is 0.251 e. The summed E-state index contributed by atoms with van der Waals surface area (Å²) >= 11 is 9.27. The molecule has 1 heterocycles. The SMILES string of the molecule is COCc1cc(=O)[nH]c(-c2ccc(Cl)cc2Br)n1. The average Bonchev–Trinajstić information content (AvgIpc) is 2.28. The van der Waals surface area contributed by atoms with E-state index in [1.54, 1.807) is 25.3 Å². The fourth-order valence-electron chi connectivity index (χ4n) is 1.54. The van der Waals surface area contributed by atoms with Crippen LogP contribution in [0.25, 0.3) is 11.4 Å². The van der Waals surface area contributed by atoms with E-state index in [4.69, 9.17) is 16.3 Å². The van der Waals surface area contributed by atoms with Crippen molar-refractivity contribution < 1.29 is 4.74 Å². The lowest BCUT2D eigenvalue weighted by Crippen LogP contribution is -2.11. The Hall–Kier alpha value is -1.17. The second kappa shape index (κ2) is 5.65. The zero-order valence-electron chi connectivity index (χ0n) is 9.54. The minimum Gasteiger partial charge on any atom is -0.378 e. The summed E-state index contributed by atoms with van der Waals surface area (Å²) in [5.74, 6) is 0.484. The molecule has 0 radical (unpaired) electrons. The Bertz CT molecular complexity index is 628. The van der Waals surface area contributed by atoms with Gasteiger partial charge in [-0.25, -0.2) is 4.98 Å². The number of aromatic nitrogens is 2. The highest BCUT2D eigenvalue weighted by atomic mass is 79.9. The Morgan fingerprint density at radius 3 is 2.89 bits per heavy atom. The number of rotatable bonds is 3. The molecule has 0 saturated carbocycles. The second-order valence-corrected chi connectivity index (χ2v) is 4.93. The summed E-state index contributed by atoms with van der Waals surface area (Å²) in [5.41, 5.74) is 1.14. The van der Waals surface area contributed by atoms with Crippen molar-refractivity contribution in [2.75, 3.05) is 7.11 Å². The molecule has 0 aliphatic rings. The molecule has 1 aromatic carbocycles. The van der Waals surface area contributed by atoms with Crippen LogP contribution in [0, 0.1) is 0 Å². The van der Waals surface area contributed by atoms with Crippen molar-refractivity contribution in [2.45, 2.75) is 6.61 Å². The first kappa shape index (κ1) is 13.3. The van der Waals surface area contributed by atoms with Crippen molar-refractivity contribution in [1.29, 1.82) is 0 Å². The summed E-state index contributed by atoms with van der Waals surface area (Å²) in [6.45, 7) is 0.294. The summed E-state index contributed by atoms with van der Waals surface area (Å²) in [6.07, 6.45) is 0. The fraction of sp³-hybridized carbons (Fsp3) is 0.167. The van der Waals surface area contributed by atoms with Gasteiger partial charge in [0.15, 0.2) is 0 Å². The number of benzene rings is 1. The van der Waals surface area contributed by atoms with E-state index in [1.165, 1.54) is 6.07 Å². The highest BCUT2D eigenvalue weighted by Gasteiger charge is 2.08. The standard InChI is InChI=1S/C12H10BrClN2O2/c1-18-6-8-5-11(17)16-12(15-8)9-3-2-7(14)4-10(9)13/h2-5H,6H2,1H3,(H,15,16,17). The number of nitrogens with zero attached hydrogens (tertiary/aromatic N) is 1. The monoisotopic (exact) mass is 328 g/mol. The summed E-state index contributed by atoms with van der Waals surface area (Å²) < 4.78 is 5.75. The first-order chi connectivity index (χ1) is 8.60. The molecule has 1 N–H and O–H groups in total. The van der Waals surface area contributed by atoms with E-state index in [-0.39, 0.29) is 5.56 Å². The first-order valence-electron chi connectivity index (χ1n) is 5.15. The van der Waals surface area contributed by atoms with E-state index >= 15 is 0 Å². The predicted octanol–water partition coefficient (Wildman–Crippen LogP) is 3.00. The maximum absolute atomic E-state index is 11.5. The zero-order chi connectivity index (χ0) is 13.1. The lowest BCUT2D eigenvalue weighted by atomic mass is 10.2. The highest BCUT2D eigenvalue weighted by Crippen LogP contribution is 2.27. The number of hydrogen-bond acceptors (Lipinski definition) is 3. The van der Waals surface area contributed by atoms with Crippen LogP contribution in [0.5, 0.6) is 0 Å². The van der Waals surface area contributed by atoms with Crippen molar-refractivity contribution in [3.63, 3.8) is 0 Å². The van der Waals surface area contributed by atoms with Gasteiger partial charge in [-0.15, -0.1) is 0 Å². The van der Waals surface area contributed by atoms with Crippen LogP contribution in [0.15, 0.2) is 33.5 Å². The molecule has 0 saturated heterocycles. The van der Waals surface area contributed by atoms with Crippen LogP contribution in [-0.4, -0.2) is 17.1 Å². The molecule has 2 rings (SSSR count). The Kier molecular flexibility index (Phi) is 4.16. The lowest BCUT2D eigenvalue weighted by Gasteiger charge is -2.06. The minimum atomic E-state index is -0.214. The molecule has 0 amide bonds. The molecule has 4 nitrogen and oxygen atoms in total. The van der Waals surface area contributed by atoms with Gasteiger partial charge in [-0.05, 0) is 34.1 Å². The van der Waals surface area contributed by atoms with Gasteiger partial charge in [-0.2, -0.15) is 0 Å². The molecule has 0 aliphatic carbocycles. The highest BCUT2D eigenvalue weighted by molar-refractivity contribution is 9.10. The first-order valence-corrected chi connectivity index (χ1v) is 6.32. The number of hydrogen-bond donors (Lipinski definition) is 1. The van der Waals surface area contributed by atoms with Gasteiger partial charge in [0.1, 0.15) is 5.82 Å². The predicted molar refractivity (Wildman–Crippen MR) is 73.7 cm³/mol. The van der Waals surface area contributed by atoms with E-state index in [1.807, 2.05) is 0 Å². The van der Waals surface area contributed by atoms with Gasteiger partial charge in [-0.3, -0.25) is 4.79 Å². The number of halogens is 2. The molecule has 0 aliphatic heterocycles. The van der Waals surface area contributed by atoms with Crippen molar-refractivity contribution in [1.82, 2.24) is 9.97 Å². The van der Waals surface area contributed by atoms with Crippen molar-refractivity contribution in [3.05, 3.63) is 49.8 Å². The molecule has 18 heavy (non-hydrogen) atoms. The van der Waals surface area contributed by atoms with Gasteiger partial charge in [-0.1, -0.05) is 11.6 Å². The number of methoxy groups -OCH3 is 1. The Morgan fingerprint density at radius 1 is 1.44 bits per heavy atom. The quantitative estimate of drug-likeness (QED) is 0.942. The van der Waals surface area contributed by atoms with Crippen LogP contribution in [0.3, 0.4) is 0 Å². The smallest absolute Gasteiger partial charge is 0.251 e. The van der Waals surface area contributed by atoms with E-state index in [0.717, 1.165) is 10.0 Å². The largest absolute Gasteiger partial charge is 0.378 e. The summed E-state index contributed by atoms with van der Waals surface area (Å²) in [7, 11) is 1.56. The van der Waals surface area contributed by atoms with Crippen LogP contribution in [0.4, 0.5) is 0 Å². The van der Waals surface area contributed by atoms with Crippen molar-refractivity contribution >= 4 is 27.5 Å². The Labute approximate surface area is 117 Å². The molecule has 2 aromatic rings. The number of ether oxygens (including phenoxy) is 1. The average molecular weight is 330 g/mol. The number of nitrogens with one attached hydrogen (secondary N) is 1. The van der Waals surface area contributed by atoms with Crippen LogP contribution in [-0.2, 0) is 11.3 Å². The molecule has 0 bridgehead atoms. The lowest BCUT2D eigenvalue weighted by molar-refractivity contribution is 0.181. The third-order valence-corrected chi connectivity index (χ3v) is 3.16. The third-order valence-electron chi connectivity index (χ3n) is 2.27. The Balaban J connectivity index is 2.53. The Morgan fingerprint density at radius 2 is 2.22 bits per heavy atom. The van der Waals surface area contributed by atoms with Gasteiger partial charge in [0, 0.05) is 28.2 Å². The zero-order valence-corrected chi connectivity index (χ0v) is 11.9. The topological polar surface area (TPSA) is 55.0 Å². The molecule has 0 spiro atoms. The van der Waals surface area contributed by atoms with E-state index in [9.17, 15) is 4.79 Å². The maximum atomic E-state index is 11.5. The molecule has 1 aromatic heterocycles. The number of aromatic amines is 1. The number of H-pyrrole nitrogens is 1. The molecular formula is C12H10BrClN2O2. The van der Waals surface area contributed by atoms with E-state index in [0.29, 0.717) is 23.1 Å². The van der Waals surface area contributed by atoms with Gasteiger partial charge in [0.05, 0.1) is 12.3 Å². The molecular weight excluding hydrogens is 320 g/mol. The van der Waals surface area contributed by atoms with Gasteiger partial charge in [0.25, 0.3) is 5.56 Å². The molecule has 94 valence electrons. The van der Waals surface area contributed by atoms with Gasteiger partial charge >= 0.3 is 0 Å². The van der Waals surface area contributed by atoms with Gasteiger partial charge < -0.3 is 9.72 Å². The van der Waals surface area contributed by atoms with Crippen LogP contribution >= 0.6 is 27.5 Å². The molecule has 0 atom stereocenters. The minimum absolute atomic E-state index is 0.214. The molecule has 0 unspecified atom stereocenters. The van der Waals surface area contributed by atoms with Gasteiger partial charge in [0.2, 0.25) is 0 Å². The summed E-state index contributed by atoms with van der Waals surface area (Å²) in [6, 6.07) is 6.70. The summed E-state index contributed by atoms with van der Waals surface area (Å²) in [5, 5.41) is 0.612. The van der Waals surface area contributed by atoms with Crippen LogP contribution in [0.1, 0.15) is 5.69 Å². The van der Waals surface area contributed by atoms with Crippen molar-refractivity contribution in [3.8, 4) is 11.4 Å². The van der Waals surface area contributed by atoms with Crippen LogP contribution in [0.2, 0.25) is 5.02 Å². The third kappa shape index (κ3) is 2.98. The van der Waals surface area contributed by atoms with E-state index in [2.05, 4.69) is 25.9 Å².